The van der Waals surface area contributed by atoms with Gasteiger partial charge in [-0.2, -0.15) is 0 Å². The number of methoxy groups -OCH3 is 2. The lowest BCUT2D eigenvalue weighted by atomic mass is 9.96. The van der Waals surface area contributed by atoms with Crippen molar-refractivity contribution in [2.45, 2.75) is 179 Å². The van der Waals surface area contributed by atoms with Gasteiger partial charge in [-0.15, -0.1) is 0 Å². The van der Waals surface area contributed by atoms with Crippen LogP contribution in [0.15, 0.2) is 0 Å². The van der Waals surface area contributed by atoms with E-state index in [1.807, 2.05) is 0 Å². The van der Waals surface area contributed by atoms with E-state index >= 15 is 0 Å². The average molecular weight is 819 g/mol. The summed E-state index contributed by atoms with van der Waals surface area (Å²) >= 11 is 0. The molecule has 2 aliphatic heterocycles. The zero-order chi connectivity index (χ0) is 40.4. The van der Waals surface area contributed by atoms with Gasteiger partial charge in [-0.3, -0.25) is 0 Å². The summed E-state index contributed by atoms with van der Waals surface area (Å²) in [7, 11) is 3.36. The number of rotatable bonds is 44. The highest BCUT2D eigenvalue weighted by Crippen LogP contribution is 2.29. The molecule has 0 aliphatic carbocycles. The molecule has 2 rings (SSSR count). The number of unbranched alkanes of at least 4 members (excludes halogenated alkanes) is 14. The summed E-state index contributed by atoms with van der Waals surface area (Å²) in [5, 5.41) is 0. The highest BCUT2D eigenvalue weighted by Gasteiger charge is 2.32. The van der Waals surface area contributed by atoms with Gasteiger partial charge in [0.25, 0.3) is 0 Å². The summed E-state index contributed by atoms with van der Waals surface area (Å²) in [4.78, 5) is 0. The highest BCUT2D eigenvalue weighted by molar-refractivity contribution is 4.81. The second kappa shape index (κ2) is 42.3. The standard InChI is InChI=1S/C46H90O11/c1-47-31-33-51-39-41-53-37-35-49-27-19-13-9-5-3-7-11-15-25-45(43-23-17-21-29-55-43)57-46(44-24-18-22-30-56-44)26-16-12-8-4-6-10-14-20-28-50-36-38-54-42-40-52-34-32-48-2/h43-46H,3-42H2,1-2H3. The van der Waals surface area contributed by atoms with Crippen LogP contribution in [0.4, 0.5) is 0 Å². The quantitative estimate of drug-likeness (QED) is 0.0550. The van der Waals surface area contributed by atoms with Crippen LogP contribution >= 0.6 is 0 Å². The Kier molecular flexibility index (Phi) is 39.1. The van der Waals surface area contributed by atoms with Gasteiger partial charge < -0.3 is 52.1 Å². The molecular weight excluding hydrogens is 728 g/mol. The Morgan fingerprint density at radius 3 is 0.965 bits per heavy atom. The third kappa shape index (κ3) is 32.9. The minimum Gasteiger partial charge on any atom is -0.382 e. The lowest BCUT2D eigenvalue weighted by Crippen LogP contribution is -2.42. The van der Waals surface area contributed by atoms with Gasteiger partial charge in [0, 0.05) is 40.6 Å². The van der Waals surface area contributed by atoms with Crippen LogP contribution in [0.25, 0.3) is 0 Å². The molecule has 4 unspecified atom stereocenters. The predicted octanol–water partition coefficient (Wildman–Crippen LogP) is 9.29. The Bertz CT molecular complexity index is 719. The minimum atomic E-state index is 0.197. The molecule has 2 heterocycles. The molecule has 0 aromatic rings. The van der Waals surface area contributed by atoms with Crippen LogP contribution in [0.3, 0.4) is 0 Å². The first-order valence-corrected chi connectivity index (χ1v) is 23.7. The summed E-state index contributed by atoms with van der Waals surface area (Å²) in [6, 6.07) is 0. The monoisotopic (exact) mass is 819 g/mol. The fourth-order valence-electron chi connectivity index (χ4n) is 7.61. The summed E-state index contributed by atoms with van der Waals surface area (Å²) in [5.41, 5.74) is 0. The molecule has 0 aromatic carbocycles. The molecule has 0 saturated carbocycles. The number of ether oxygens (including phenoxy) is 11. The predicted molar refractivity (Wildman–Crippen MR) is 228 cm³/mol. The second-order valence-corrected chi connectivity index (χ2v) is 15.9. The van der Waals surface area contributed by atoms with Crippen LogP contribution in [0.5, 0.6) is 0 Å². The van der Waals surface area contributed by atoms with Gasteiger partial charge in [0.15, 0.2) is 0 Å². The molecule has 0 N–H and O–H groups in total. The first kappa shape index (κ1) is 52.7. The van der Waals surface area contributed by atoms with Crippen LogP contribution in [0.2, 0.25) is 0 Å². The van der Waals surface area contributed by atoms with Crippen molar-refractivity contribution in [2.24, 2.45) is 0 Å². The van der Waals surface area contributed by atoms with Gasteiger partial charge in [-0.05, 0) is 64.2 Å². The van der Waals surface area contributed by atoms with E-state index in [2.05, 4.69) is 0 Å². The third-order valence-electron chi connectivity index (χ3n) is 11.0. The van der Waals surface area contributed by atoms with Gasteiger partial charge in [0.2, 0.25) is 0 Å². The maximum absolute atomic E-state index is 7.09. The molecule has 340 valence electrons. The van der Waals surface area contributed by atoms with Crippen molar-refractivity contribution in [1.82, 2.24) is 0 Å². The number of hydrogen-bond acceptors (Lipinski definition) is 11. The zero-order valence-corrected chi connectivity index (χ0v) is 37.1. The molecule has 0 aromatic heterocycles. The molecule has 4 atom stereocenters. The van der Waals surface area contributed by atoms with Gasteiger partial charge >= 0.3 is 0 Å². The summed E-state index contributed by atoms with van der Waals surface area (Å²) in [5.74, 6) is 0. The normalized spacial score (nSPS) is 18.6. The fraction of sp³-hybridized carbons (Fsp3) is 1.00. The molecule has 2 fully saturated rings. The number of hydrogen-bond donors (Lipinski definition) is 0. The van der Waals surface area contributed by atoms with E-state index in [0.29, 0.717) is 79.3 Å². The topological polar surface area (TPSA) is 102 Å². The zero-order valence-electron chi connectivity index (χ0n) is 37.1. The largest absolute Gasteiger partial charge is 0.382 e. The highest BCUT2D eigenvalue weighted by atomic mass is 16.6. The maximum Gasteiger partial charge on any atom is 0.0841 e. The van der Waals surface area contributed by atoms with Crippen molar-refractivity contribution >= 4 is 0 Å². The fourth-order valence-corrected chi connectivity index (χ4v) is 7.61. The van der Waals surface area contributed by atoms with Crippen molar-refractivity contribution < 1.29 is 52.1 Å². The van der Waals surface area contributed by atoms with Crippen LogP contribution in [-0.4, -0.2) is 144 Å². The van der Waals surface area contributed by atoms with E-state index in [1.165, 1.54) is 116 Å². The molecule has 57 heavy (non-hydrogen) atoms. The lowest BCUT2D eigenvalue weighted by Gasteiger charge is -2.37. The molecule has 11 heteroatoms. The van der Waals surface area contributed by atoms with E-state index in [-0.39, 0.29) is 24.4 Å². The van der Waals surface area contributed by atoms with Crippen LogP contribution < -0.4 is 0 Å². The summed E-state index contributed by atoms with van der Waals surface area (Å²) in [6.07, 6.45) is 30.5. The molecule has 11 nitrogen and oxygen atoms in total. The molecule has 2 saturated heterocycles. The van der Waals surface area contributed by atoms with Crippen LogP contribution in [-0.2, 0) is 52.1 Å². The second-order valence-electron chi connectivity index (χ2n) is 15.9. The van der Waals surface area contributed by atoms with Crippen molar-refractivity contribution in [2.75, 3.05) is 120 Å². The molecule has 0 bridgehead atoms. The first-order valence-electron chi connectivity index (χ1n) is 23.7. The van der Waals surface area contributed by atoms with Gasteiger partial charge in [0.05, 0.1) is 104 Å². The van der Waals surface area contributed by atoms with Crippen molar-refractivity contribution in [1.29, 1.82) is 0 Å². The third-order valence-corrected chi connectivity index (χ3v) is 11.0. The molecule has 0 spiro atoms. The Morgan fingerprint density at radius 1 is 0.351 bits per heavy atom. The van der Waals surface area contributed by atoms with Crippen molar-refractivity contribution in [3.05, 3.63) is 0 Å². The molecule has 0 amide bonds. The van der Waals surface area contributed by atoms with Crippen LogP contribution in [0, 0.1) is 0 Å². The van der Waals surface area contributed by atoms with Crippen molar-refractivity contribution in [3.63, 3.8) is 0 Å². The van der Waals surface area contributed by atoms with E-state index in [4.69, 9.17) is 52.1 Å². The van der Waals surface area contributed by atoms with Gasteiger partial charge in [-0.25, -0.2) is 0 Å². The molecule has 2 aliphatic rings. The Labute approximate surface area is 349 Å². The van der Waals surface area contributed by atoms with E-state index in [0.717, 1.165) is 65.0 Å². The van der Waals surface area contributed by atoms with Crippen molar-refractivity contribution in [3.8, 4) is 0 Å². The maximum atomic E-state index is 7.09. The first-order chi connectivity index (χ1) is 28.3. The van der Waals surface area contributed by atoms with Gasteiger partial charge in [-0.1, -0.05) is 89.9 Å². The summed E-state index contributed by atoms with van der Waals surface area (Å²) < 4.78 is 63.0. The smallest absolute Gasteiger partial charge is 0.0841 e. The molecular formula is C46H90O11. The Morgan fingerprint density at radius 2 is 0.649 bits per heavy atom. The summed E-state index contributed by atoms with van der Waals surface area (Å²) in [6.45, 7) is 10.9. The van der Waals surface area contributed by atoms with Gasteiger partial charge in [0.1, 0.15) is 0 Å². The van der Waals surface area contributed by atoms with E-state index in [9.17, 15) is 0 Å². The lowest BCUT2D eigenvalue weighted by molar-refractivity contribution is -0.163. The minimum absolute atomic E-state index is 0.197. The van der Waals surface area contributed by atoms with E-state index in [1.54, 1.807) is 14.2 Å². The SMILES string of the molecule is COCCOCCOCCOCCCCCCCCCCC(OC(CCCCCCCCCCOCCOCCOCCOC)C1CCCCO1)C1CCCCO1. The Hall–Kier alpha value is -0.440. The van der Waals surface area contributed by atoms with E-state index < -0.39 is 0 Å². The Balaban J connectivity index is 1.51. The molecule has 0 radical (unpaired) electrons. The van der Waals surface area contributed by atoms with Crippen LogP contribution in [0.1, 0.15) is 154 Å². The average Bonchev–Trinajstić information content (AvgIpc) is 3.24.